The first kappa shape index (κ1) is 14.4. The summed E-state index contributed by atoms with van der Waals surface area (Å²) in [5, 5.41) is 0. The summed E-state index contributed by atoms with van der Waals surface area (Å²) in [6, 6.07) is 5.56. The van der Waals surface area contributed by atoms with Crippen molar-refractivity contribution in [1.82, 2.24) is 9.55 Å². The number of rotatable bonds is 5. The van der Waals surface area contributed by atoms with Gasteiger partial charge in [0.05, 0.1) is 17.1 Å². The monoisotopic (exact) mass is 275 g/mol. The van der Waals surface area contributed by atoms with Gasteiger partial charge in [-0.05, 0) is 38.5 Å². The van der Waals surface area contributed by atoms with Crippen molar-refractivity contribution < 1.29 is 9.53 Å². The number of nitrogen functional groups attached to an aromatic ring is 1. The van der Waals surface area contributed by atoms with Crippen LogP contribution in [-0.4, -0.2) is 21.6 Å². The van der Waals surface area contributed by atoms with Gasteiger partial charge in [-0.2, -0.15) is 0 Å². The molecule has 20 heavy (non-hydrogen) atoms. The highest BCUT2D eigenvalue weighted by Crippen LogP contribution is 2.20. The number of anilines is 1. The van der Waals surface area contributed by atoms with E-state index in [1.165, 1.54) is 0 Å². The van der Waals surface area contributed by atoms with Crippen LogP contribution in [0.15, 0.2) is 18.2 Å². The molecule has 2 aromatic rings. The summed E-state index contributed by atoms with van der Waals surface area (Å²) in [6.45, 7) is 5.97. The van der Waals surface area contributed by atoms with Crippen molar-refractivity contribution in [2.75, 3.05) is 5.73 Å². The molecule has 0 saturated carbocycles. The Kier molecular flexibility index (Phi) is 4.27. The van der Waals surface area contributed by atoms with Gasteiger partial charge in [-0.3, -0.25) is 4.79 Å². The van der Waals surface area contributed by atoms with Gasteiger partial charge in [-0.15, -0.1) is 0 Å². The van der Waals surface area contributed by atoms with Gasteiger partial charge >= 0.3 is 5.97 Å². The molecule has 0 aliphatic heterocycles. The molecule has 0 fully saturated rings. The first-order valence-electron chi connectivity index (χ1n) is 6.95. The standard InChI is InChI=1S/C15H21N3O2/c1-4-5-14-17-12-8-11(16)6-7-13(12)18(14)9-15(19)20-10(2)3/h6-8,10H,4-5,9,16H2,1-3H3. The summed E-state index contributed by atoms with van der Waals surface area (Å²) in [5.74, 6) is 0.655. The summed E-state index contributed by atoms with van der Waals surface area (Å²) in [5.41, 5.74) is 8.20. The smallest absolute Gasteiger partial charge is 0.326 e. The Morgan fingerprint density at radius 3 is 2.85 bits per heavy atom. The largest absolute Gasteiger partial charge is 0.462 e. The van der Waals surface area contributed by atoms with Crippen LogP contribution in [0.4, 0.5) is 5.69 Å². The first-order chi connectivity index (χ1) is 9.51. The van der Waals surface area contributed by atoms with E-state index in [9.17, 15) is 4.79 Å². The molecule has 1 aromatic heterocycles. The van der Waals surface area contributed by atoms with E-state index >= 15 is 0 Å². The lowest BCUT2D eigenvalue weighted by Gasteiger charge is -2.11. The number of hydrogen-bond acceptors (Lipinski definition) is 4. The van der Waals surface area contributed by atoms with E-state index in [1.807, 2.05) is 36.6 Å². The van der Waals surface area contributed by atoms with Crippen LogP contribution in [0.3, 0.4) is 0 Å². The zero-order valence-electron chi connectivity index (χ0n) is 12.2. The Hall–Kier alpha value is -2.04. The molecule has 0 bridgehead atoms. The van der Waals surface area contributed by atoms with Gasteiger partial charge in [0.15, 0.2) is 0 Å². The molecule has 0 aliphatic rings. The minimum atomic E-state index is -0.242. The van der Waals surface area contributed by atoms with Gasteiger partial charge < -0.3 is 15.0 Å². The zero-order valence-corrected chi connectivity index (χ0v) is 12.2. The van der Waals surface area contributed by atoms with Crippen LogP contribution < -0.4 is 5.73 Å². The second-order valence-corrected chi connectivity index (χ2v) is 5.15. The Balaban J connectivity index is 2.38. The lowest BCUT2D eigenvalue weighted by Crippen LogP contribution is -2.19. The number of aromatic nitrogens is 2. The summed E-state index contributed by atoms with van der Waals surface area (Å²) in [4.78, 5) is 16.5. The van der Waals surface area contributed by atoms with Gasteiger partial charge in [-0.25, -0.2) is 4.98 Å². The number of carbonyl (C=O) groups excluding carboxylic acids is 1. The van der Waals surface area contributed by atoms with Crippen molar-refractivity contribution in [3.63, 3.8) is 0 Å². The van der Waals surface area contributed by atoms with Crippen molar-refractivity contribution in [2.45, 2.75) is 46.3 Å². The van der Waals surface area contributed by atoms with Crippen molar-refractivity contribution in [3.8, 4) is 0 Å². The molecule has 0 saturated heterocycles. The maximum Gasteiger partial charge on any atom is 0.326 e. The SMILES string of the molecule is CCCc1nc2cc(N)ccc2n1CC(=O)OC(C)C. The van der Waals surface area contributed by atoms with Crippen molar-refractivity contribution in [3.05, 3.63) is 24.0 Å². The minimum Gasteiger partial charge on any atom is -0.462 e. The normalized spacial score (nSPS) is 11.2. The number of nitrogens with two attached hydrogens (primary N) is 1. The summed E-state index contributed by atoms with van der Waals surface area (Å²) < 4.78 is 7.14. The second-order valence-electron chi connectivity index (χ2n) is 5.15. The van der Waals surface area contributed by atoms with Crippen molar-refractivity contribution in [1.29, 1.82) is 0 Å². The molecule has 1 aromatic carbocycles. The highest BCUT2D eigenvalue weighted by atomic mass is 16.5. The topological polar surface area (TPSA) is 70.1 Å². The second kappa shape index (κ2) is 5.94. The third kappa shape index (κ3) is 3.10. The molecule has 0 amide bonds. The summed E-state index contributed by atoms with van der Waals surface area (Å²) in [6.07, 6.45) is 1.68. The molecule has 2 rings (SSSR count). The lowest BCUT2D eigenvalue weighted by molar-refractivity contribution is -0.148. The molecule has 0 unspecified atom stereocenters. The number of fused-ring (bicyclic) bond motifs is 1. The minimum absolute atomic E-state index is 0.109. The van der Waals surface area contributed by atoms with Crippen molar-refractivity contribution in [2.24, 2.45) is 0 Å². The Labute approximate surface area is 118 Å². The predicted molar refractivity (Wildman–Crippen MR) is 79.4 cm³/mol. The van der Waals surface area contributed by atoms with Crippen LogP contribution >= 0.6 is 0 Å². The highest BCUT2D eigenvalue weighted by molar-refractivity contribution is 5.81. The van der Waals surface area contributed by atoms with Crippen LogP contribution in [0.25, 0.3) is 11.0 Å². The molecular formula is C15H21N3O2. The van der Waals surface area contributed by atoms with E-state index in [1.54, 1.807) is 0 Å². The van der Waals surface area contributed by atoms with E-state index in [4.69, 9.17) is 10.5 Å². The maximum absolute atomic E-state index is 11.9. The number of benzene rings is 1. The van der Waals surface area contributed by atoms with Gasteiger partial charge in [-0.1, -0.05) is 6.92 Å². The molecule has 0 radical (unpaired) electrons. The van der Waals surface area contributed by atoms with Crippen LogP contribution in [0.5, 0.6) is 0 Å². The lowest BCUT2D eigenvalue weighted by atomic mass is 10.3. The number of nitrogens with zero attached hydrogens (tertiary/aromatic N) is 2. The van der Waals surface area contributed by atoms with E-state index in [2.05, 4.69) is 11.9 Å². The number of esters is 1. The van der Waals surface area contributed by atoms with Crippen LogP contribution in [0.1, 0.15) is 33.0 Å². The number of aryl methyl sites for hydroxylation is 1. The van der Waals surface area contributed by atoms with E-state index < -0.39 is 0 Å². The number of ether oxygens (including phenoxy) is 1. The van der Waals surface area contributed by atoms with E-state index in [-0.39, 0.29) is 18.6 Å². The van der Waals surface area contributed by atoms with Crippen molar-refractivity contribution >= 4 is 22.7 Å². The Bertz CT molecular complexity index is 617. The average Bonchev–Trinajstić information content (AvgIpc) is 2.66. The number of carbonyl (C=O) groups is 1. The van der Waals surface area contributed by atoms with Gasteiger partial charge in [0.25, 0.3) is 0 Å². The third-order valence-electron chi connectivity index (χ3n) is 2.98. The molecule has 108 valence electrons. The first-order valence-corrected chi connectivity index (χ1v) is 6.95. The third-order valence-corrected chi connectivity index (χ3v) is 2.98. The Morgan fingerprint density at radius 1 is 1.45 bits per heavy atom. The molecule has 1 heterocycles. The van der Waals surface area contributed by atoms with E-state index in [0.29, 0.717) is 5.69 Å². The molecule has 0 spiro atoms. The van der Waals surface area contributed by atoms with Crippen LogP contribution in [0, 0.1) is 0 Å². The van der Waals surface area contributed by atoms with Gasteiger partial charge in [0, 0.05) is 12.1 Å². The fraction of sp³-hybridized carbons (Fsp3) is 0.467. The summed E-state index contributed by atoms with van der Waals surface area (Å²) >= 11 is 0. The fourth-order valence-corrected chi connectivity index (χ4v) is 2.22. The molecule has 5 nitrogen and oxygen atoms in total. The molecule has 2 N–H and O–H groups in total. The summed E-state index contributed by atoms with van der Waals surface area (Å²) in [7, 11) is 0. The average molecular weight is 275 g/mol. The predicted octanol–water partition coefficient (Wildman–Crippen LogP) is 2.52. The Morgan fingerprint density at radius 2 is 2.20 bits per heavy atom. The molecule has 5 heteroatoms. The molecule has 0 atom stereocenters. The molecule has 0 aliphatic carbocycles. The quantitative estimate of drug-likeness (QED) is 0.672. The van der Waals surface area contributed by atoms with Crippen LogP contribution in [-0.2, 0) is 22.5 Å². The highest BCUT2D eigenvalue weighted by Gasteiger charge is 2.14. The van der Waals surface area contributed by atoms with Gasteiger partial charge in [0.1, 0.15) is 12.4 Å². The van der Waals surface area contributed by atoms with Gasteiger partial charge in [0.2, 0.25) is 0 Å². The zero-order chi connectivity index (χ0) is 14.7. The number of imidazole rings is 1. The van der Waals surface area contributed by atoms with Crippen LogP contribution in [0.2, 0.25) is 0 Å². The fourth-order valence-electron chi connectivity index (χ4n) is 2.22. The maximum atomic E-state index is 11.9. The molecular weight excluding hydrogens is 254 g/mol. The van der Waals surface area contributed by atoms with E-state index in [0.717, 1.165) is 29.7 Å². The number of hydrogen-bond donors (Lipinski definition) is 1.